The number of benzene rings is 1. The second-order valence-electron chi connectivity index (χ2n) is 4.16. The number of primary amides is 1. The molecule has 0 spiro atoms. The van der Waals surface area contributed by atoms with Crippen LogP contribution < -0.4 is 10.5 Å². The average Bonchev–Trinajstić information content (AvgIpc) is 2.68. The summed E-state index contributed by atoms with van der Waals surface area (Å²) in [6.45, 7) is -0.466. The second kappa shape index (κ2) is 5.88. The van der Waals surface area contributed by atoms with Gasteiger partial charge in [-0.3, -0.25) is 19.3 Å². The van der Waals surface area contributed by atoms with E-state index in [-0.39, 0.29) is 10.7 Å². The Labute approximate surface area is 124 Å². The Morgan fingerprint density at radius 1 is 1.48 bits per heavy atom. The van der Waals surface area contributed by atoms with E-state index in [4.69, 9.17) is 10.5 Å². The molecular weight excluding hydrogens is 296 g/mol. The molecule has 0 radical (unpaired) electrons. The monoisotopic (exact) mass is 308 g/mol. The van der Waals surface area contributed by atoms with Crippen LogP contribution in [0.1, 0.15) is 5.56 Å². The average molecular weight is 308 g/mol. The van der Waals surface area contributed by atoms with Crippen molar-refractivity contribution in [2.75, 3.05) is 13.7 Å². The fourth-order valence-electron chi connectivity index (χ4n) is 1.71. The van der Waals surface area contributed by atoms with Gasteiger partial charge in [0.2, 0.25) is 5.91 Å². The Kier molecular flexibility index (Phi) is 4.18. The first-order chi connectivity index (χ1) is 9.92. The molecule has 3 N–H and O–H groups in total. The zero-order valence-corrected chi connectivity index (χ0v) is 11.8. The third kappa shape index (κ3) is 3.16. The summed E-state index contributed by atoms with van der Waals surface area (Å²) >= 11 is 0.680. The molecule has 0 atom stereocenters. The van der Waals surface area contributed by atoms with Crippen molar-refractivity contribution in [2.24, 2.45) is 5.73 Å². The highest BCUT2D eigenvalue weighted by atomic mass is 32.2. The summed E-state index contributed by atoms with van der Waals surface area (Å²) in [5.41, 5.74) is 5.32. The molecule has 0 saturated carbocycles. The van der Waals surface area contributed by atoms with Crippen molar-refractivity contribution in [3.05, 3.63) is 28.7 Å². The molecule has 21 heavy (non-hydrogen) atoms. The summed E-state index contributed by atoms with van der Waals surface area (Å²) in [6.07, 6.45) is 1.36. The van der Waals surface area contributed by atoms with Crippen LogP contribution in [0.5, 0.6) is 11.5 Å². The molecule has 1 aromatic carbocycles. The predicted molar refractivity (Wildman–Crippen MR) is 76.5 cm³/mol. The van der Waals surface area contributed by atoms with Gasteiger partial charge in [0.25, 0.3) is 11.1 Å². The molecular formula is C13H12N2O5S. The predicted octanol–water partition coefficient (Wildman–Crippen LogP) is 0.922. The van der Waals surface area contributed by atoms with E-state index in [1.807, 2.05) is 0 Å². The van der Waals surface area contributed by atoms with E-state index >= 15 is 0 Å². The van der Waals surface area contributed by atoms with Gasteiger partial charge in [0.15, 0.2) is 0 Å². The molecule has 0 aromatic heterocycles. The number of rotatable bonds is 4. The van der Waals surface area contributed by atoms with Crippen LogP contribution >= 0.6 is 11.8 Å². The van der Waals surface area contributed by atoms with Crippen molar-refractivity contribution in [2.45, 2.75) is 0 Å². The lowest BCUT2D eigenvalue weighted by atomic mass is 10.1. The van der Waals surface area contributed by atoms with E-state index in [1.54, 1.807) is 6.07 Å². The van der Waals surface area contributed by atoms with Gasteiger partial charge in [-0.15, -0.1) is 0 Å². The number of nitrogens with two attached hydrogens (primary N) is 1. The van der Waals surface area contributed by atoms with Crippen LogP contribution in [-0.4, -0.2) is 40.7 Å². The molecule has 0 aliphatic carbocycles. The van der Waals surface area contributed by atoms with Gasteiger partial charge in [0.05, 0.1) is 12.0 Å². The zero-order valence-electron chi connectivity index (χ0n) is 11.0. The number of carbonyl (C=O) groups excluding carboxylic acids is 3. The maximum Gasteiger partial charge on any atom is 0.294 e. The summed E-state index contributed by atoms with van der Waals surface area (Å²) in [7, 11) is 1.47. The first-order valence-corrected chi connectivity index (χ1v) is 6.64. The van der Waals surface area contributed by atoms with Crippen LogP contribution in [0.25, 0.3) is 6.08 Å². The van der Waals surface area contributed by atoms with Gasteiger partial charge in [-0.25, -0.2) is 0 Å². The minimum Gasteiger partial charge on any atom is -0.507 e. The standard InChI is InChI=1S/C13H12N2O5S/c1-20-8-2-3-9(16)7(4-8)5-10-12(18)15(6-11(14)17)13(19)21-10/h2-5,16H,6H2,1H3,(H2,14,17)/b10-5-. The number of methoxy groups -OCH3 is 1. The fourth-order valence-corrected chi connectivity index (χ4v) is 2.54. The van der Waals surface area contributed by atoms with Crippen molar-refractivity contribution in [3.8, 4) is 11.5 Å². The molecule has 2 rings (SSSR count). The molecule has 0 unspecified atom stereocenters. The SMILES string of the molecule is COc1ccc(O)c(/C=C2\SC(=O)N(CC(N)=O)C2=O)c1. The Bertz CT molecular complexity index is 656. The largest absolute Gasteiger partial charge is 0.507 e. The molecule has 1 aromatic rings. The number of hydrogen-bond donors (Lipinski definition) is 2. The highest BCUT2D eigenvalue weighted by molar-refractivity contribution is 8.18. The molecule has 1 aliphatic rings. The lowest BCUT2D eigenvalue weighted by molar-refractivity contribution is -0.127. The smallest absolute Gasteiger partial charge is 0.294 e. The number of hydrogen-bond acceptors (Lipinski definition) is 6. The Hall–Kier alpha value is -2.48. The Morgan fingerprint density at radius 2 is 2.19 bits per heavy atom. The van der Waals surface area contributed by atoms with Gasteiger partial charge >= 0.3 is 0 Å². The van der Waals surface area contributed by atoms with Crippen molar-refractivity contribution in [1.82, 2.24) is 4.90 Å². The van der Waals surface area contributed by atoms with E-state index in [1.165, 1.54) is 25.3 Å². The molecule has 3 amide bonds. The Morgan fingerprint density at radius 3 is 2.81 bits per heavy atom. The molecule has 7 nitrogen and oxygen atoms in total. The molecule has 8 heteroatoms. The van der Waals surface area contributed by atoms with Gasteiger partial charge in [0.1, 0.15) is 18.0 Å². The number of phenols is 1. The third-order valence-electron chi connectivity index (χ3n) is 2.71. The summed E-state index contributed by atoms with van der Waals surface area (Å²) in [6, 6.07) is 4.50. The fraction of sp³-hybridized carbons (Fsp3) is 0.154. The van der Waals surface area contributed by atoms with Crippen molar-refractivity contribution < 1.29 is 24.2 Å². The van der Waals surface area contributed by atoms with E-state index in [9.17, 15) is 19.5 Å². The van der Waals surface area contributed by atoms with Crippen molar-refractivity contribution in [1.29, 1.82) is 0 Å². The number of aromatic hydroxyl groups is 1. The Balaban J connectivity index is 2.32. The van der Waals surface area contributed by atoms with Gasteiger partial charge in [-0.05, 0) is 36.0 Å². The number of nitrogens with zero attached hydrogens (tertiary/aromatic N) is 1. The van der Waals surface area contributed by atoms with Gasteiger partial charge in [-0.2, -0.15) is 0 Å². The van der Waals surface area contributed by atoms with E-state index in [2.05, 4.69) is 0 Å². The first kappa shape index (κ1) is 14.9. The number of phenolic OH excluding ortho intramolecular Hbond substituents is 1. The summed E-state index contributed by atoms with van der Waals surface area (Å²) < 4.78 is 5.03. The zero-order chi connectivity index (χ0) is 15.6. The minimum atomic E-state index is -0.775. The summed E-state index contributed by atoms with van der Waals surface area (Å²) in [4.78, 5) is 35.4. The number of carbonyl (C=O) groups is 3. The topological polar surface area (TPSA) is 110 Å². The van der Waals surface area contributed by atoms with Crippen LogP contribution in [0.2, 0.25) is 0 Å². The van der Waals surface area contributed by atoms with Crippen LogP contribution in [-0.2, 0) is 9.59 Å². The number of imide groups is 1. The quantitative estimate of drug-likeness (QED) is 0.800. The lowest BCUT2D eigenvalue weighted by Crippen LogP contribution is -2.36. The lowest BCUT2D eigenvalue weighted by Gasteiger charge is -2.08. The highest BCUT2D eigenvalue weighted by Crippen LogP contribution is 2.34. The van der Waals surface area contributed by atoms with E-state index in [0.717, 1.165) is 4.90 Å². The van der Waals surface area contributed by atoms with Crippen molar-refractivity contribution >= 4 is 34.9 Å². The summed E-state index contributed by atoms with van der Waals surface area (Å²) in [5, 5.41) is 9.18. The second-order valence-corrected chi connectivity index (χ2v) is 5.15. The normalized spacial score (nSPS) is 16.6. The van der Waals surface area contributed by atoms with Gasteiger partial charge in [0, 0.05) is 5.56 Å². The highest BCUT2D eigenvalue weighted by Gasteiger charge is 2.35. The maximum atomic E-state index is 12.0. The molecule has 0 bridgehead atoms. The van der Waals surface area contributed by atoms with E-state index in [0.29, 0.717) is 23.1 Å². The number of amides is 3. The minimum absolute atomic E-state index is 0.0579. The van der Waals surface area contributed by atoms with E-state index < -0.39 is 23.6 Å². The first-order valence-electron chi connectivity index (χ1n) is 5.83. The molecule has 1 aliphatic heterocycles. The van der Waals surface area contributed by atoms with Crippen LogP contribution in [0.15, 0.2) is 23.1 Å². The molecule has 1 saturated heterocycles. The maximum absolute atomic E-state index is 12.0. The van der Waals surface area contributed by atoms with Gasteiger partial charge in [-0.1, -0.05) is 0 Å². The van der Waals surface area contributed by atoms with Crippen molar-refractivity contribution in [3.63, 3.8) is 0 Å². The number of thioether (sulfide) groups is 1. The summed E-state index contributed by atoms with van der Waals surface area (Å²) in [5.74, 6) is -0.957. The molecule has 1 fully saturated rings. The number of ether oxygens (including phenoxy) is 1. The van der Waals surface area contributed by atoms with Gasteiger partial charge < -0.3 is 15.6 Å². The van der Waals surface area contributed by atoms with Crippen LogP contribution in [0.3, 0.4) is 0 Å². The molecule has 110 valence electrons. The third-order valence-corrected chi connectivity index (χ3v) is 3.62. The van der Waals surface area contributed by atoms with Crippen LogP contribution in [0, 0.1) is 0 Å². The molecule has 1 heterocycles. The van der Waals surface area contributed by atoms with Crippen LogP contribution in [0.4, 0.5) is 4.79 Å².